The summed E-state index contributed by atoms with van der Waals surface area (Å²) in [6.07, 6.45) is 4.08. The van der Waals surface area contributed by atoms with Crippen molar-refractivity contribution in [1.82, 2.24) is 10.3 Å². The first kappa shape index (κ1) is 15.1. The number of aromatic nitrogens is 1. The smallest absolute Gasteiger partial charge is 0.0697 e. The summed E-state index contributed by atoms with van der Waals surface area (Å²) in [5.74, 6) is 0.691. The molecule has 0 saturated carbocycles. The molecule has 1 atom stereocenters. The molecule has 0 bridgehead atoms. The zero-order chi connectivity index (χ0) is 13.2. The van der Waals surface area contributed by atoms with Gasteiger partial charge < -0.3 is 10.1 Å². The molecule has 102 valence electrons. The average molecular weight is 250 g/mol. The molecule has 0 radical (unpaired) electrons. The normalized spacial score (nSPS) is 12.9. The van der Waals surface area contributed by atoms with Gasteiger partial charge in [0.2, 0.25) is 0 Å². The van der Waals surface area contributed by atoms with Crippen LogP contribution in [0.3, 0.4) is 0 Å². The molecule has 0 aliphatic heterocycles. The topological polar surface area (TPSA) is 34.1 Å². The largest absolute Gasteiger partial charge is 0.377 e. The summed E-state index contributed by atoms with van der Waals surface area (Å²) in [6.45, 7) is 9.35. The molecular weight excluding hydrogens is 224 g/mol. The zero-order valence-corrected chi connectivity index (χ0v) is 11.9. The molecule has 1 heterocycles. The van der Waals surface area contributed by atoms with E-state index in [2.05, 4.69) is 31.1 Å². The number of hydrogen-bond acceptors (Lipinski definition) is 3. The van der Waals surface area contributed by atoms with Crippen molar-refractivity contribution in [2.45, 2.75) is 39.7 Å². The minimum atomic E-state index is 0.312. The Labute approximate surface area is 111 Å². The maximum absolute atomic E-state index is 5.87. The predicted molar refractivity (Wildman–Crippen MR) is 75.7 cm³/mol. The van der Waals surface area contributed by atoms with Crippen LogP contribution in [0, 0.1) is 5.92 Å². The van der Waals surface area contributed by atoms with Crippen molar-refractivity contribution in [2.24, 2.45) is 5.92 Å². The van der Waals surface area contributed by atoms with E-state index >= 15 is 0 Å². The van der Waals surface area contributed by atoms with Crippen molar-refractivity contribution < 1.29 is 4.74 Å². The van der Waals surface area contributed by atoms with Gasteiger partial charge in [-0.1, -0.05) is 26.8 Å². The lowest BCUT2D eigenvalue weighted by Crippen LogP contribution is -2.31. The van der Waals surface area contributed by atoms with E-state index in [1.165, 1.54) is 0 Å². The van der Waals surface area contributed by atoms with Crippen molar-refractivity contribution in [3.8, 4) is 0 Å². The molecule has 0 saturated heterocycles. The molecule has 1 aromatic heterocycles. The Morgan fingerprint density at radius 3 is 2.72 bits per heavy atom. The molecule has 1 aromatic rings. The van der Waals surface area contributed by atoms with E-state index < -0.39 is 0 Å². The Balaban J connectivity index is 2.15. The molecule has 0 fully saturated rings. The second-order valence-electron chi connectivity index (χ2n) is 5.02. The summed E-state index contributed by atoms with van der Waals surface area (Å²) in [6, 6.07) is 6.00. The maximum atomic E-state index is 5.87. The highest BCUT2D eigenvalue weighted by molar-refractivity contribution is 5.03. The Morgan fingerprint density at radius 2 is 2.11 bits per heavy atom. The van der Waals surface area contributed by atoms with Gasteiger partial charge in [0.25, 0.3) is 0 Å². The molecule has 0 aliphatic carbocycles. The Hall–Kier alpha value is -0.930. The fraction of sp³-hybridized carbons (Fsp3) is 0.667. The van der Waals surface area contributed by atoms with Crippen molar-refractivity contribution in [3.05, 3.63) is 30.1 Å². The quantitative estimate of drug-likeness (QED) is 0.731. The molecule has 3 nitrogen and oxygen atoms in total. The van der Waals surface area contributed by atoms with Crippen molar-refractivity contribution in [1.29, 1.82) is 0 Å². The van der Waals surface area contributed by atoms with Gasteiger partial charge in [-0.3, -0.25) is 4.98 Å². The predicted octanol–water partition coefficient (Wildman–Crippen LogP) is 2.66. The van der Waals surface area contributed by atoms with Crippen LogP contribution >= 0.6 is 0 Å². The number of hydrogen-bond donors (Lipinski definition) is 1. The lowest BCUT2D eigenvalue weighted by Gasteiger charge is -2.17. The summed E-state index contributed by atoms with van der Waals surface area (Å²) in [5, 5.41) is 3.44. The summed E-state index contributed by atoms with van der Waals surface area (Å²) in [4.78, 5) is 4.29. The molecule has 0 spiro atoms. The SMILES string of the molecule is CCC(CNCC(C)C)OCCc1ccccn1. The molecular formula is C15H26N2O. The Kier molecular flexibility index (Phi) is 7.62. The standard InChI is InChI=1S/C15H26N2O/c1-4-15(12-16-11-13(2)3)18-10-8-14-7-5-6-9-17-14/h5-7,9,13,15-16H,4,8,10-12H2,1-3H3. The minimum absolute atomic E-state index is 0.312. The average Bonchev–Trinajstić information content (AvgIpc) is 2.38. The van der Waals surface area contributed by atoms with Crippen molar-refractivity contribution in [2.75, 3.05) is 19.7 Å². The lowest BCUT2D eigenvalue weighted by molar-refractivity contribution is 0.0521. The number of nitrogens with zero attached hydrogens (tertiary/aromatic N) is 1. The molecule has 0 aromatic carbocycles. The van der Waals surface area contributed by atoms with Crippen LogP contribution in [0.4, 0.5) is 0 Å². The molecule has 18 heavy (non-hydrogen) atoms. The fourth-order valence-electron chi connectivity index (χ4n) is 1.73. The van der Waals surface area contributed by atoms with Crippen LogP contribution in [-0.4, -0.2) is 30.8 Å². The van der Waals surface area contributed by atoms with E-state index in [0.717, 1.165) is 38.2 Å². The number of ether oxygens (including phenoxy) is 1. The zero-order valence-electron chi connectivity index (χ0n) is 11.9. The third-order valence-corrected chi connectivity index (χ3v) is 2.82. The van der Waals surface area contributed by atoms with E-state index in [-0.39, 0.29) is 0 Å². The van der Waals surface area contributed by atoms with Gasteiger partial charge in [0, 0.05) is 24.9 Å². The second kappa shape index (κ2) is 9.06. The van der Waals surface area contributed by atoms with Gasteiger partial charge in [-0.25, -0.2) is 0 Å². The van der Waals surface area contributed by atoms with Gasteiger partial charge in [-0.05, 0) is 31.0 Å². The lowest BCUT2D eigenvalue weighted by atomic mass is 10.2. The first-order valence-electron chi connectivity index (χ1n) is 6.94. The van der Waals surface area contributed by atoms with Gasteiger partial charge >= 0.3 is 0 Å². The van der Waals surface area contributed by atoms with E-state index in [4.69, 9.17) is 4.74 Å². The van der Waals surface area contributed by atoms with Crippen LogP contribution in [-0.2, 0) is 11.2 Å². The first-order chi connectivity index (χ1) is 8.72. The van der Waals surface area contributed by atoms with Gasteiger partial charge in [0.05, 0.1) is 12.7 Å². The first-order valence-corrected chi connectivity index (χ1v) is 6.94. The van der Waals surface area contributed by atoms with Crippen LogP contribution in [0.1, 0.15) is 32.9 Å². The summed E-state index contributed by atoms with van der Waals surface area (Å²) in [5.41, 5.74) is 1.10. The molecule has 3 heteroatoms. The second-order valence-corrected chi connectivity index (χ2v) is 5.02. The summed E-state index contributed by atoms with van der Waals surface area (Å²) < 4.78 is 5.87. The van der Waals surface area contributed by atoms with Crippen molar-refractivity contribution >= 4 is 0 Å². The Morgan fingerprint density at radius 1 is 1.28 bits per heavy atom. The third kappa shape index (κ3) is 6.72. The van der Waals surface area contributed by atoms with E-state index in [9.17, 15) is 0 Å². The number of rotatable bonds is 9. The van der Waals surface area contributed by atoms with Crippen molar-refractivity contribution in [3.63, 3.8) is 0 Å². The number of pyridine rings is 1. The highest BCUT2D eigenvalue weighted by atomic mass is 16.5. The Bertz CT molecular complexity index is 301. The summed E-state index contributed by atoms with van der Waals surface area (Å²) in [7, 11) is 0. The van der Waals surface area contributed by atoms with Gasteiger partial charge in [0.15, 0.2) is 0 Å². The molecule has 0 aliphatic rings. The van der Waals surface area contributed by atoms with E-state index in [1.807, 2.05) is 24.4 Å². The van der Waals surface area contributed by atoms with E-state index in [1.54, 1.807) is 0 Å². The van der Waals surface area contributed by atoms with Crippen LogP contribution in [0.25, 0.3) is 0 Å². The number of nitrogens with one attached hydrogen (secondary N) is 1. The summed E-state index contributed by atoms with van der Waals surface area (Å²) >= 11 is 0. The van der Waals surface area contributed by atoms with Crippen LogP contribution in [0.15, 0.2) is 24.4 Å². The third-order valence-electron chi connectivity index (χ3n) is 2.82. The van der Waals surface area contributed by atoms with Crippen LogP contribution in [0.5, 0.6) is 0 Å². The molecule has 1 N–H and O–H groups in total. The molecule has 1 rings (SSSR count). The minimum Gasteiger partial charge on any atom is -0.377 e. The van der Waals surface area contributed by atoms with Gasteiger partial charge in [-0.2, -0.15) is 0 Å². The van der Waals surface area contributed by atoms with E-state index in [0.29, 0.717) is 12.0 Å². The highest BCUT2D eigenvalue weighted by Gasteiger charge is 2.06. The maximum Gasteiger partial charge on any atom is 0.0697 e. The monoisotopic (exact) mass is 250 g/mol. The fourth-order valence-corrected chi connectivity index (χ4v) is 1.73. The van der Waals surface area contributed by atoms with Gasteiger partial charge in [-0.15, -0.1) is 0 Å². The highest BCUT2D eigenvalue weighted by Crippen LogP contribution is 2.01. The molecule has 0 amide bonds. The van der Waals surface area contributed by atoms with Crippen LogP contribution in [0.2, 0.25) is 0 Å². The molecule has 1 unspecified atom stereocenters. The van der Waals surface area contributed by atoms with Gasteiger partial charge in [0.1, 0.15) is 0 Å². The van der Waals surface area contributed by atoms with Crippen LogP contribution < -0.4 is 5.32 Å².